The number of nitrogens with one attached hydrogen (secondary N) is 2. The number of aliphatic carboxylic acids is 1. The molecule has 0 aromatic heterocycles. The standard InChI is InChI=1S/C15H18N2O4/c1-9(18)10-3-7-12(8-4-10)16-14(21)17-15(2,13(19)20)11-5-6-11/h3-4,7-8,11H,5-6H2,1-2H3,(H,19,20)(H2,16,17,21). The predicted molar refractivity (Wildman–Crippen MR) is 77.4 cm³/mol. The second-order valence-electron chi connectivity index (χ2n) is 5.49. The van der Waals surface area contributed by atoms with Gasteiger partial charge in [-0.05, 0) is 56.9 Å². The molecule has 1 aromatic rings. The van der Waals surface area contributed by atoms with Crippen LogP contribution in [-0.4, -0.2) is 28.4 Å². The minimum atomic E-state index is -1.25. The summed E-state index contributed by atoms with van der Waals surface area (Å²) < 4.78 is 0. The van der Waals surface area contributed by atoms with Crippen LogP contribution in [0, 0.1) is 5.92 Å². The van der Waals surface area contributed by atoms with Gasteiger partial charge >= 0.3 is 12.0 Å². The highest BCUT2D eigenvalue weighted by molar-refractivity contribution is 5.96. The van der Waals surface area contributed by atoms with Crippen molar-refractivity contribution in [2.45, 2.75) is 32.2 Å². The number of benzene rings is 1. The van der Waals surface area contributed by atoms with E-state index in [4.69, 9.17) is 0 Å². The Kier molecular flexibility index (Phi) is 3.97. The van der Waals surface area contributed by atoms with Crippen LogP contribution in [-0.2, 0) is 4.79 Å². The SMILES string of the molecule is CC(=O)c1ccc(NC(=O)NC(C)(C(=O)O)C2CC2)cc1. The Hall–Kier alpha value is -2.37. The number of hydrogen-bond donors (Lipinski definition) is 3. The molecular formula is C15H18N2O4. The number of hydrogen-bond acceptors (Lipinski definition) is 3. The summed E-state index contributed by atoms with van der Waals surface area (Å²) in [5.41, 5.74) is -0.195. The zero-order chi connectivity index (χ0) is 15.6. The predicted octanol–water partition coefficient (Wildman–Crippen LogP) is 2.26. The number of amides is 2. The zero-order valence-corrected chi connectivity index (χ0v) is 12.0. The minimum Gasteiger partial charge on any atom is -0.480 e. The van der Waals surface area contributed by atoms with Crippen molar-refractivity contribution in [3.8, 4) is 0 Å². The van der Waals surface area contributed by atoms with E-state index in [-0.39, 0.29) is 11.7 Å². The average Bonchev–Trinajstić information content (AvgIpc) is 3.23. The molecule has 0 aliphatic heterocycles. The third-order valence-electron chi connectivity index (χ3n) is 3.76. The van der Waals surface area contributed by atoms with Gasteiger partial charge in [0, 0.05) is 11.3 Å². The lowest BCUT2D eigenvalue weighted by atomic mass is 9.96. The summed E-state index contributed by atoms with van der Waals surface area (Å²) in [4.78, 5) is 34.4. The molecule has 21 heavy (non-hydrogen) atoms. The Morgan fingerprint density at radius 3 is 2.19 bits per heavy atom. The molecule has 1 unspecified atom stereocenters. The smallest absolute Gasteiger partial charge is 0.329 e. The van der Waals surface area contributed by atoms with Crippen LogP contribution in [0.1, 0.15) is 37.0 Å². The molecule has 1 saturated carbocycles. The Bertz CT molecular complexity index is 578. The fourth-order valence-electron chi connectivity index (χ4n) is 2.18. The highest BCUT2D eigenvalue weighted by atomic mass is 16.4. The van der Waals surface area contributed by atoms with Crippen molar-refractivity contribution < 1.29 is 19.5 Å². The number of carboxylic acids is 1. The van der Waals surface area contributed by atoms with Crippen molar-refractivity contribution in [2.75, 3.05) is 5.32 Å². The Morgan fingerprint density at radius 1 is 1.19 bits per heavy atom. The van der Waals surface area contributed by atoms with E-state index in [0.717, 1.165) is 12.8 Å². The normalized spacial score (nSPS) is 16.7. The van der Waals surface area contributed by atoms with Crippen molar-refractivity contribution >= 4 is 23.5 Å². The molecule has 0 radical (unpaired) electrons. The van der Waals surface area contributed by atoms with E-state index >= 15 is 0 Å². The molecule has 0 spiro atoms. The van der Waals surface area contributed by atoms with Crippen LogP contribution in [0.15, 0.2) is 24.3 Å². The molecular weight excluding hydrogens is 272 g/mol. The van der Waals surface area contributed by atoms with Crippen molar-refractivity contribution in [1.82, 2.24) is 5.32 Å². The van der Waals surface area contributed by atoms with Gasteiger partial charge in [0.2, 0.25) is 0 Å². The molecule has 6 heteroatoms. The van der Waals surface area contributed by atoms with E-state index in [0.29, 0.717) is 11.3 Å². The maximum Gasteiger partial charge on any atom is 0.329 e. The van der Waals surface area contributed by atoms with Gasteiger partial charge in [-0.25, -0.2) is 9.59 Å². The molecule has 0 bridgehead atoms. The van der Waals surface area contributed by atoms with Gasteiger partial charge in [0.25, 0.3) is 0 Å². The number of carboxylic acid groups (broad SMARTS) is 1. The fraction of sp³-hybridized carbons (Fsp3) is 0.400. The maximum absolute atomic E-state index is 11.9. The molecule has 2 amide bonds. The first-order chi connectivity index (χ1) is 9.83. The van der Waals surface area contributed by atoms with Gasteiger partial charge in [-0.15, -0.1) is 0 Å². The number of rotatable bonds is 5. The summed E-state index contributed by atoms with van der Waals surface area (Å²) in [5, 5.41) is 14.4. The Morgan fingerprint density at radius 2 is 1.76 bits per heavy atom. The van der Waals surface area contributed by atoms with E-state index in [2.05, 4.69) is 10.6 Å². The molecule has 1 atom stereocenters. The molecule has 1 fully saturated rings. The number of ketones is 1. The summed E-state index contributed by atoms with van der Waals surface area (Å²) in [7, 11) is 0. The third kappa shape index (κ3) is 3.39. The molecule has 2 rings (SSSR count). The van der Waals surface area contributed by atoms with Crippen LogP contribution < -0.4 is 10.6 Å². The average molecular weight is 290 g/mol. The van der Waals surface area contributed by atoms with Gasteiger partial charge in [-0.2, -0.15) is 0 Å². The lowest BCUT2D eigenvalue weighted by Gasteiger charge is -2.26. The summed E-state index contributed by atoms with van der Waals surface area (Å²) >= 11 is 0. The van der Waals surface area contributed by atoms with E-state index in [1.165, 1.54) is 13.8 Å². The molecule has 1 aromatic carbocycles. The highest BCUT2D eigenvalue weighted by Crippen LogP contribution is 2.39. The third-order valence-corrected chi connectivity index (χ3v) is 3.76. The first kappa shape index (κ1) is 15.0. The first-order valence-electron chi connectivity index (χ1n) is 6.76. The van der Waals surface area contributed by atoms with Crippen LogP contribution in [0.25, 0.3) is 0 Å². The van der Waals surface area contributed by atoms with Crippen molar-refractivity contribution in [2.24, 2.45) is 5.92 Å². The molecule has 3 N–H and O–H groups in total. The van der Waals surface area contributed by atoms with Crippen molar-refractivity contribution in [3.63, 3.8) is 0 Å². The second kappa shape index (κ2) is 5.55. The van der Waals surface area contributed by atoms with Gasteiger partial charge in [0.05, 0.1) is 0 Å². The van der Waals surface area contributed by atoms with E-state index in [1.807, 2.05) is 0 Å². The molecule has 0 heterocycles. The number of urea groups is 1. The number of Topliss-reactive ketones (excluding diaryl/α,β-unsaturated/α-hetero) is 1. The van der Waals surface area contributed by atoms with Gasteiger partial charge in [-0.1, -0.05) is 0 Å². The highest BCUT2D eigenvalue weighted by Gasteiger charge is 2.48. The van der Waals surface area contributed by atoms with Gasteiger partial charge in [0.15, 0.2) is 5.78 Å². The number of carbonyl (C=O) groups excluding carboxylic acids is 2. The fourth-order valence-corrected chi connectivity index (χ4v) is 2.18. The molecule has 0 saturated heterocycles. The summed E-state index contributed by atoms with van der Waals surface area (Å²) in [6.45, 7) is 2.98. The van der Waals surface area contributed by atoms with Crippen LogP contribution in [0.2, 0.25) is 0 Å². The maximum atomic E-state index is 11.9. The van der Waals surface area contributed by atoms with E-state index in [9.17, 15) is 19.5 Å². The van der Waals surface area contributed by atoms with Crippen LogP contribution in [0.4, 0.5) is 10.5 Å². The van der Waals surface area contributed by atoms with Gasteiger partial charge in [0.1, 0.15) is 5.54 Å². The lowest BCUT2D eigenvalue weighted by Crippen LogP contribution is -2.55. The largest absolute Gasteiger partial charge is 0.480 e. The Balaban J connectivity index is 2.01. The molecule has 1 aliphatic carbocycles. The number of carbonyl (C=O) groups is 3. The van der Waals surface area contributed by atoms with E-state index in [1.54, 1.807) is 24.3 Å². The summed E-state index contributed by atoms with van der Waals surface area (Å²) in [6, 6.07) is 5.85. The van der Waals surface area contributed by atoms with Crippen molar-refractivity contribution in [3.05, 3.63) is 29.8 Å². The van der Waals surface area contributed by atoms with Crippen LogP contribution in [0.5, 0.6) is 0 Å². The van der Waals surface area contributed by atoms with Crippen molar-refractivity contribution in [1.29, 1.82) is 0 Å². The lowest BCUT2D eigenvalue weighted by molar-refractivity contribution is -0.144. The first-order valence-corrected chi connectivity index (χ1v) is 6.76. The van der Waals surface area contributed by atoms with Gasteiger partial charge < -0.3 is 15.7 Å². The van der Waals surface area contributed by atoms with E-state index < -0.39 is 17.5 Å². The molecule has 112 valence electrons. The molecule has 6 nitrogen and oxygen atoms in total. The quantitative estimate of drug-likeness (QED) is 0.725. The second-order valence-corrected chi connectivity index (χ2v) is 5.49. The zero-order valence-electron chi connectivity index (χ0n) is 12.0. The topological polar surface area (TPSA) is 95.5 Å². The Labute approximate surface area is 122 Å². The minimum absolute atomic E-state index is 0.0270. The number of anilines is 1. The van der Waals surface area contributed by atoms with Gasteiger partial charge in [-0.3, -0.25) is 4.79 Å². The van der Waals surface area contributed by atoms with Crippen LogP contribution >= 0.6 is 0 Å². The summed E-state index contributed by atoms with van der Waals surface area (Å²) in [6.07, 6.45) is 1.60. The monoisotopic (exact) mass is 290 g/mol. The molecule has 1 aliphatic rings. The summed E-state index contributed by atoms with van der Waals surface area (Å²) in [5.74, 6) is -1.12. The van der Waals surface area contributed by atoms with Crippen LogP contribution in [0.3, 0.4) is 0 Å².